The summed E-state index contributed by atoms with van der Waals surface area (Å²) in [5.41, 5.74) is 1.86. The average molecular weight is 415 g/mol. The Kier molecular flexibility index (Phi) is 5.46. The topological polar surface area (TPSA) is 70.2 Å². The minimum atomic E-state index is -3.27. The number of aromatic amines is 1. The molecule has 1 amide bonds. The zero-order chi connectivity index (χ0) is 19.6. The van der Waals surface area contributed by atoms with Crippen molar-refractivity contribution in [3.05, 3.63) is 66.4 Å². The molecule has 146 valence electrons. The number of nitrogens with one attached hydrogen (secondary N) is 1. The Morgan fingerprint density at radius 2 is 1.82 bits per heavy atom. The summed E-state index contributed by atoms with van der Waals surface area (Å²) >= 11 is 1.49. The van der Waals surface area contributed by atoms with Crippen LogP contribution in [0.25, 0.3) is 10.9 Å². The first kappa shape index (κ1) is 19.1. The van der Waals surface area contributed by atoms with E-state index in [1.54, 1.807) is 4.90 Å². The third-order valence-corrected chi connectivity index (χ3v) is 8.33. The number of amides is 1. The van der Waals surface area contributed by atoms with Crippen LogP contribution in [-0.2, 0) is 14.6 Å². The van der Waals surface area contributed by atoms with Crippen molar-refractivity contribution in [3.63, 3.8) is 0 Å². The predicted octanol–water partition coefficient (Wildman–Crippen LogP) is 3.65. The molecule has 2 aromatic carbocycles. The number of fused-ring (bicyclic) bond motifs is 1. The average Bonchev–Trinajstić information content (AvgIpc) is 3.04. The summed E-state index contributed by atoms with van der Waals surface area (Å²) in [7, 11) is -3.27. The molecule has 1 saturated heterocycles. The number of aromatic nitrogens is 1. The fourth-order valence-corrected chi connectivity index (χ4v) is 6.36. The molecule has 28 heavy (non-hydrogen) atoms. The maximum atomic E-state index is 12.7. The molecule has 0 unspecified atom stereocenters. The van der Waals surface area contributed by atoms with Crippen molar-refractivity contribution in [1.29, 1.82) is 0 Å². The van der Waals surface area contributed by atoms with Gasteiger partial charge >= 0.3 is 0 Å². The number of benzene rings is 2. The molecule has 0 spiro atoms. The molecular weight excluding hydrogens is 392 g/mol. The molecule has 0 radical (unpaired) electrons. The van der Waals surface area contributed by atoms with Crippen LogP contribution in [-0.4, -0.2) is 48.8 Å². The third-order valence-electron chi connectivity index (χ3n) is 5.17. The summed E-state index contributed by atoms with van der Waals surface area (Å²) in [6.45, 7) is 0.727. The normalized spacial score (nSPS) is 19.4. The van der Waals surface area contributed by atoms with Crippen molar-refractivity contribution < 1.29 is 13.2 Å². The first-order chi connectivity index (χ1) is 13.5. The largest absolute Gasteiger partial charge is 0.360 e. The van der Waals surface area contributed by atoms with Gasteiger partial charge in [-0.1, -0.05) is 48.5 Å². The van der Waals surface area contributed by atoms with E-state index in [9.17, 15) is 13.2 Å². The highest BCUT2D eigenvalue weighted by molar-refractivity contribution is 8.00. The van der Waals surface area contributed by atoms with Crippen molar-refractivity contribution in [3.8, 4) is 0 Å². The minimum absolute atomic E-state index is 0.00997. The van der Waals surface area contributed by atoms with Crippen LogP contribution in [0.1, 0.15) is 17.2 Å². The highest BCUT2D eigenvalue weighted by atomic mass is 32.2. The van der Waals surface area contributed by atoms with Crippen molar-refractivity contribution in [2.45, 2.75) is 16.6 Å². The Hall–Kier alpha value is -2.25. The Balaban J connectivity index is 1.43. The Bertz CT molecular complexity index is 1080. The molecule has 5 nitrogen and oxygen atoms in total. The molecular formula is C21H22N2O3S2. The highest BCUT2D eigenvalue weighted by Crippen LogP contribution is 2.31. The van der Waals surface area contributed by atoms with Gasteiger partial charge in [0.15, 0.2) is 9.84 Å². The van der Waals surface area contributed by atoms with Gasteiger partial charge in [0.05, 0.1) is 16.8 Å². The van der Waals surface area contributed by atoms with Gasteiger partial charge in [-0.05, 0) is 18.1 Å². The van der Waals surface area contributed by atoms with E-state index in [0.717, 1.165) is 21.4 Å². The van der Waals surface area contributed by atoms with E-state index in [-0.39, 0.29) is 18.2 Å². The lowest BCUT2D eigenvalue weighted by molar-refractivity contribution is -0.128. The van der Waals surface area contributed by atoms with Crippen molar-refractivity contribution >= 4 is 38.4 Å². The number of H-pyrrole nitrogens is 1. The standard InChI is InChI=1S/C21H22N2O3S2/c24-21(15-27-19-14-22-18-9-5-4-8-17(18)19)23-11-10-20(28(25,26)13-12-23)16-6-2-1-3-7-16/h1-9,14,20,22H,10-13,15H2/t20-/m1/s1. The molecule has 1 fully saturated rings. The molecule has 0 bridgehead atoms. The second-order valence-electron chi connectivity index (χ2n) is 6.92. The number of para-hydroxylation sites is 1. The minimum Gasteiger partial charge on any atom is -0.360 e. The molecule has 1 atom stereocenters. The first-order valence-corrected chi connectivity index (χ1v) is 12.0. The van der Waals surface area contributed by atoms with E-state index in [2.05, 4.69) is 4.98 Å². The van der Waals surface area contributed by atoms with Crippen LogP contribution < -0.4 is 0 Å². The number of thioether (sulfide) groups is 1. The number of hydrogen-bond donors (Lipinski definition) is 1. The van der Waals surface area contributed by atoms with Crippen LogP contribution in [0, 0.1) is 0 Å². The van der Waals surface area contributed by atoms with Crippen LogP contribution in [0.4, 0.5) is 0 Å². The second kappa shape index (κ2) is 8.01. The van der Waals surface area contributed by atoms with Gasteiger partial charge in [-0.3, -0.25) is 4.79 Å². The number of rotatable bonds is 4. The number of nitrogens with zero attached hydrogens (tertiary/aromatic N) is 1. The maximum absolute atomic E-state index is 12.7. The third kappa shape index (κ3) is 3.95. The molecule has 7 heteroatoms. The van der Waals surface area contributed by atoms with E-state index in [1.807, 2.05) is 60.8 Å². The van der Waals surface area contributed by atoms with E-state index >= 15 is 0 Å². The Labute approximate surface area is 169 Å². The lowest BCUT2D eigenvalue weighted by Crippen LogP contribution is -2.34. The summed E-state index contributed by atoms with van der Waals surface area (Å²) in [5, 5.41) is 0.565. The van der Waals surface area contributed by atoms with E-state index in [0.29, 0.717) is 18.7 Å². The van der Waals surface area contributed by atoms with Gasteiger partial charge < -0.3 is 9.88 Å². The second-order valence-corrected chi connectivity index (χ2v) is 10.2. The van der Waals surface area contributed by atoms with Gasteiger partial charge in [0.2, 0.25) is 5.91 Å². The molecule has 2 heterocycles. The molecule has 0 aliphatic carbocycles. The zero-order valence-corrected chi connectivity index (χ0v) is 17.0. The van der Waals surface area contributed by atoms with Crippen LogP contribution >= 0.6 is 11.8 Å². The molecule has 0 saturated carbocycles. The van der Waals surface area contributed by atoms with Gasteiger partial charge in [-0.15, -0.1) is 11.8 Å². The fourth-order valence-electron chi connectivity index (χ4n) is 3.63. The Morgan fingerprint density at radius 1 is 1.07 bits per heavy atom. The molecule has 1 aliphatic heterocycles. The van der Waals surface area contributed by atoms with E-state index < -0.39 is 15.1 Å². The fraction of sp³-hybridized carbons (Fsp3) is 0.286. The lowest BCUT2D eigenvalue weighted by Gasteiger charge is -2.19. The summed E-state index contributed by atoms with van der Waals surface area (Å²) < 4.78 is 25.4. The summed E-state index contributed by atoms with van der Waals surface area (Å²) in [4.78, 5) is 18.7. The molecule has 1 aliphatic rings. The predicted molar refractivity (Wildman–Crippen MR) is 113 cm³/mol. The molecule has 1 N–H and O–H groups in total. The van der Waals surface area contributed by atoms with Gasteiger partial charge in [-0.25, -0.2) is 8.42 Å². The monoisotopic (exact) mass is 414 g/mol. The van der Waals surface area contributed by atoms with E-state index in [4.69, 9.17) is 0 Å². The number of sulfone groups is 1. The SMILES string of the molecule is O=C(CSc1c[nH]c2ccccc12)N1CC[C@H](c2ccccc2)S(=O)(=O)CC1. The quantitative estimate of drug-likeness (QED) is 0.662. The number of carbonyl (C=O) groups is 1. The lowest BCUT2D eigenvalue weighted by atomic mass is 10.1. The van der Waals surface area contributed by atoms with Gasteiger partial charge in [0.1, 0.15) is 0 Å². The maximum Gasteiger partial charge on any atom is 0.232 e. The summed E-state index contributed by atoms with van der Waals surface area (Å²) in [5.74, 6) is 0.299. The van der Waals surface area contributed by atoms with E-state index in [1.165, 1.54) is 11.8 Å². The first-order valence-electron chi connectivity index (χ1n) is 9.28. The van der Waals surface area contributed by atoms with Gasteiger partial charge in [0.25, 0.3) is 0 Å². The molecule has 1 aromatic heterocycles. The molecule has 4 rings (SSSR count). The smallest absolute Gasteiger partial charge is 0.232 e. The van der Waals surface area contributed by atoms with Crippen LogP contribution in [0.5, 0.6) is 0 Å². The molecule has 3 aromatic rings. The van der Waals surface area contributed by atoms with Crippen molar-refractivity contribution in [2.24, 2.45) is 0 Å². The summed E-state index contributed by atoms with van der Waals surface area (Å²) in [6, 6.07) is 17.3. The Morgan fingerprint density at radius 3 is 2.64 bits per heavy atom. The van der Waals surface area contributed by atoms with Gasteiger partial charge in [-0.2, -0.15) is 0 Å². The van der Waals surface area contributed by atoms with Crippen molar-refractivity contribution in [1.82, 2.24) is 9.88 Å². The number of carbonyl (C=O) groups excluding carboxylic acids is 1. The summed E-state index contributed by atoms with van der Waals surface area (Å²) in [6.07, 6.45) is 2.36. The van der Waals surface area contributed by atoms with Gasteiger partial charge in [0, 0.05) is 35.1 Å². The van der Waals surface area contributed by atoms with Crippen LogP contribution in [0.15, 0.2) is 65.7 Å². The number of hydrogen-bond acceptors (Lipinski definition) is 4. The van der Waals surface area contributed by atoms with Crippen LogP contribution in [0.2, 0.25) is 0 Å². The van der Waals surface area contributed by atoms with Crippen molar-refractivity contribution in [2.75, 3.05) is 24.6 Å². The van der Waals surface area contributed by atoms with Crippen LogP contribution in [0.3, 0.4) is 0 Å². The zero-order valence-electron chi connectivity index (χ0n) is 15.4. The highest BCUT2D eigenvalue weighted by Gasteiger charge is 2.32.